The summed E-state index contributed by atoms with van der Waals surface area (Å²) in [6.45, 7) is 0.336. The number of thioether (sulfide) groups is 1. The van der Waals surface area contributed by atoms with Gasteiger partial charge in [-0.2, -0.15) is 0 Å². The molecule has 2 aliphatic heterocycles. The molecule has 1 N–H and O–H groups in total. The van der Waals surface area contributed by atoms with Crippen molar-refractivity contribution in [3.05, 3.63) is 95.3 Å². The van der Waals surface area contributed by atoms with Gasteiger partial charge in [0.2, 0.25) is 5.91 Å². The van der Waals surface area contributed by atoms with Crippen LogP contribution in [-0.2, 0) is 21.9 Å². The van der Waals surface area contributed by atoms with Crippen LogP contribution in [0.2, 0.25) is 0 Å². The lowest BCUT2D eigenvalue weighted by molar-refractivity contribution is -0.128. The number of fused-ring (bicyclic) bond motifs is 3. The average molecular weight is 503 g/mol. The molecule has 0 radical (unpaired) electrons. The Labute approximate surface area is 212 Å². The first-order valence-corrected chi connectivity index (χ1v) is 12.4. The third-order valence-electron chi connectivity index (χ3n) is 5.83. The summed E-state index contributed by atoms with van der Waals surface area (Å²) in [6.07, 6.45) is -0.0704. The van der Waals surface area contributed by atoms with E-state index in [1.807, 2.05) is 54.6 Å². The molecule has 0 aliphatic carbocycles. The van der Waals surface area contributed by atoms with Crippen LogP contribution in [0.15, 0.2) is 82.8 Å². The third-order valence-corrected chi connectivity index (χ3v) is 6.84. The molecule has 2 aliphatic rings. The van der Waals surface area contributed by atoms with E-state index in [1.54, 1.807) is 13.2 Å². The maximum atomic E-state index is 13.6. The van der Waals surface area contributed by atoms with E-state index in [1.165, 1.54) is 28.8 Å². The number of halogens is 1. The molecule has 1 unspecified atom stereocenters. The van der Waals surface area contributed by atoms with Gasteiger partial charge in [-0.1, -0.05) is 48.2 Å². The number of ether oxygens (including phenoxy) is 1. The molecular weight excluding hydrogens is 479 g/mol. The molecule has 182 valence electrons. The van der Waals surface area contributed by atoms with E-state index in [4.69, 9.17) is 4.74 Å². The molecule has 3 aromatic carbocycles. The van der Waals surface area contributed by atoms with Gasteiger partial charge >= 0.3 is 0 Å². The van der Waals surface area contributed by atoms with Crippen molar-refractivity contribution in [3.63, 3.8) is 0 Å². The number of benzene rings is 3. The van der Waals surface area contributed by atoms with E-state index >= 15 is 0 Å². The van der Waals surface area contributed by atoms with Gasteiger partial charge in [0, 0.05) is 17.9 Å². The number of rotatable bonds is 7. The van der Waals surface area contributed by atoms with Crippen LogP contribution >= 0.6 is 11.8 Å². The number of methoxy groups -OCH3 is 1. The van der Waals surface area contributed by atoms with Gasteiger partial charge in [0.1, 0.15) is 23.4 Å². The molecule has 2 amide bonds. The first kappa shape index (κ1) is 23.7. The predicted octanol–water partition coefficient (Wildman–Crippen LogP) is 4.43. The molecule has 0 saturated carbocycles. The van der Waals surface area contributed by atoms with Crippen LogP contribution in [0.3, 0.4) is 0 Å². The summed E-state index contributed by atoms with van der Waals surface area (Å²) >= 11 is 1.33. The number of nitrogens with zero attached hydrogens (tertiary/aromatic N) is 3. The van der Waals surface area contributed by atoms with Gasteiger partial charge in [0.05, 0.1) is 19.2 Å². The second-order valence-electron chi connectivity index (χ2n) is 8.30. The van der Waals surface area contributed by atoms with Crippen LogP contribution in [0.1, 0.15) is 23.1 Å². The largest absolute Gasteiger partial charge is 0.497 e. The van der Waals surface area contributed by atoms with Gasteiger partial charge in [-0.25, -0.2) is 14.3 Å². The second kappa shape index (κ2) is 10.3. The number of aliphatic imine (C=N–C) groups is 2. The summed E-state index contributed by atoms with van der Waals surface area (Å²) in [6, 6.07) is 20.3. The summed E-state index contributed by atoms with van der Waals surface area (Å²) in [5.74, 6) is 0.770. The molecule has 7 nitrogen and oxygen atoms in total. The molecule has 0 aromatic heterocycles. The highest BCUT2D eigenvalue weighted by molar-refractivity contribution is 8.13. The van der Waals surface area contributed by atoms with E-state index in [0.29, 0.717) is 29.0 Å². The third kappa shape index (κ3) is 5.01. The standard InChI is InChI=1S/C27H23FN4O3S/c1-35-20-11-9-17(10-12-20)15-29-24(33)14-23-26(34)32-25(30-23)21-7-2-3-8-22(21)31-27(32)36-16-18-5-4-6-19(28)13-18/h2-13,23H,14-16H2,1H3,(H,29,33). The smallest absolute Gasteiger partial charge is 0.259 e. The SMILES string of the molecule is COc1ccc(CNC(=O)CC2N=C3c4ccccc4N=C(SCc4cccc(F)c4)N3C2=O)cc1. The fourth-order valence-corrected chi connectivity index (χ4v) is 4.94. The number of nitrogens with one attached hydrogen (secondary N) is 1. The number of hydrogen-bond acceptors (Lipinski definition) is 6. The van der Waals surface area contributed by atoms with Gasteiger partial charge < -0.3 is 10.1 Å². The van der Waals surface area contributed by atoms with E-state index in [0.717, 1.165) is 22.4 Å². The number of carbonyl (C=O) groups excluding carboxylic acids is 2. The van der Waals surface area contributed by atoms with Crippen molar-refractivity contribution in [2.24, 2.45) is 9.98 Å². The van der Waals surface area contributed by atoms with Crippen molar-refractivity contribution in [1.82, 2.24) is 10.2 Å². The van der Waals surface area contributed by atoms with E-state index in [-0.39, 0.29) is 24.1 Å². The zero-order chi connectivity index (χ0) is 25.1. The predicted molar refractivity (Wildman–Crippen MR) is 138 cm³/mol. The van der Waals surface area contributed by atoms with Gasteiger partial charge in [0.25, 0.3) is 5.91 Å². The monoisotopic (exact) mass is 502 g/mol. The minimum atomic E-state index is -0.845. The number of carbonyl (C=O) groups is 2. The van der Waals surface area contributed by atoms with Crippen molar-refractivity contribution < 1.29 is 18.7 Å². The molecule has 0 fully saturated rings. The maximum absolute atomic E-state index is 13.6. The van der Waals surface area contributed by atoms with Crippen LogP contribution in [0.5, 0.6) is 5.75 Å². The zero-order valence-electron chi connectivity index (χ0n) is 19.5. The molecule has 2 heterocycles. The first-order chi connectivity index (χ1) is 17.5. The Balaban J connectivity index is 1.30. The molecule has 3 aromatic rings. The van der Waals surface area contributed by atoms with Crippen molar-refractivity contribution in [2.75, 3.05) is 7.11 Å². The van der Waals surface area contributed by atoms with Gasteiger partial charge in [0.15, 0.2) is 5.17 Å². The van der Waals surface area contributed by atoms with Crippen molar-refractivity contribution in [1.29, 1.82) is 0 Å². The highest BCUT2D eigenvalue weighted by Crippen LogP contribution is 2.34. The van der Waals surface area contributed by atoms with Crippen molar-refractivity contribution in [3.8, 4) is 5.75 Å². The molecule has 0 saturated heterocycles. The zero-order valence-corrected chi connectivity index (χ0v) is 20.3. The molecule has 9 heteroatoms. The lowest BCUT2D eigenvalue weighted by Crippen LogP contribution is -2.42. The Hall–Kier alpha value is -3.98. The molecule has 1 atom stereocenters. The van der Waals surface area contributed by atoms with E-state index in [9.17, 15) is 14.0 Å². The lowest BCUT2D eigenvalue weighted by atomic mass is 10.1. The summed E-state index contributed by atoms with van der Waals surface area (Å²) < 4.78 is 18.8. The molecule has 5 rings (SSSR count). The summed E-state index contributed by atoms with van der Waals surface area (Å²) in [7, 11) is 1.60. The number of hydrogen-bond donors (Lipinski definition) is 1. The lowest BCUT2D eigenvalue weighted by Gasteiger charge is -2.25. The quantitative estimate of drug-likeness (QED) is 0.518. The number of amidine groups is 2. The summed E-state index contributed by atoms with van der Waals surface area (Å²) in [5, 5.41) is 3.32. The average Bonchev–Trinajstić information content (AvgIpc) is 3.22. The van der Waals surface area contributed by atoms with Crippen molar-refractivity contribution in [2.45, 2.75) is 24.8 Å². The summed E-state index contributed by atoms with van der Waals surface area (Å²) in [4.78, 5) is 36.8. The number of para-hydroxylation sites is 1. The molecule has 0 spiro atoms. The van der Waals surface area contributed by atoms with Gasteiger partial charge in [-0.3, -0.25) is 14.6 Å². The fraction of sp³-hybridized carbons (Fsp3) is 0.185. The first-order valence-electron chi connectivity index (χ1n) is 11.4. The van der Waals surface area contributed by atoms with Crippen LogP contribution in [0.25, 0.3) is 0 Å². The second-order valence-corrected chi connectivity index (χ2v) is 9.24. The highest BCUT2D eigenvalue weighted by Gasteiger charge is 2.42. The Morgan fingerprint density at radius 1 is 1.08 bits per heavy atom. The van der Waals surface area contributed by atoms with Gasteiger partial charge in [-0.05, 0) is 47.5 Å². The highest BCUT2D eigenvalue weighted by atomic mass is 32.2. The fourth-order valence-electron chi connectivity index (χ4n) is 4.00. The Morgan fingerprint density at radius 2 is 1.89 bits per heavy atom. The molecule has 36 heavy (non-hydrogen) atoms. The minimum absolute atomic E-state index is 0.0704. The summed E-state index contributed by atoms with van der Waals surface area (Å²) in [5.41, 5.74) is 3.14. The topological polar surface area (TPSA) is 83.4 Å². The van der Waals surface area contributed by atoms with Crippen LogP contribution in [-0.4, -0.2) is 40.9 Å². The molecular formula is C27H23FN4O3S. The Kier molecular flexibility index (Phi) is 6.81. The molecule has 0 bridgehead atoms. The van der Waals surface area contributed by atoms with Gasteiger partial charge in [-0.15, -0.1) is 0 Å². The minimum Gasteiger partial charge on any atom is -0.497 e. The normalized spacial score (nSPS) is 16.1. The van der Waals surface area contributed by atoms with Crippen molar-refractivity contribution >= 4 is 40.3 Å². The van der Waals surface area contributed by atoms with Crippen LogP contribution in [0.4, 0.5) is 10.1 Å². The Morgan fingerprint density at radius 3 is 2.67 bits per heavy atom. The number of amides is 2. The van der Waals surface area contributed by atoms with Crippen LogP contribution in [0, 0.1) is 5.82 Å². The van der Waals surface area contributed by atoms with E-state index in [2.05, 4.69) is 15.3 Å². The Bertz CT molecular complexity index is 1370. The van der Waals surface area contributed by atoms with Crippen LogP contribution < -0.4 is 10.1 Å². The van der Waals surface area contributed by atoms with E-state index < -0.39 is 6.04 Å². The maximum Gasteiger partial charge on any atom is 0.259 e.